The molecule has 3 N–H and O–H groups in total. The highest BCUT2D eigenvalue weighted by atomic mass is 35.5. The topological polar surface area (TPSA) is 117 Å². The van der Waals surface area contributed by atoms with Crippen molar-refractivity contribution < 1.29 is 14.8 Å². The number of halogens is 1. The van der Waals surface area contributed by atoms with Gasteiger partial charge in [-0.3, -0.25) is 10.1 Å². The lowest BCUT2D eigenvalue weighted by atomic mass is 9.91. The fourth-order valence-electron chi connectivity index (χ4n) is 2.43. The van der Waals surface area contributed by atoms with Crippen molar-refractivity contribution >= 4 is 29.2 Å². The number of nitrogens with one attached hydrogen (secondary N) is 2. The lowest BCUT2D eigenvalue weighted by Crippen LogP contribution is -2.39. The van der Waals surface area contributed by atoms with Crippen LogP contribution in [0, 0.1) is 10.1 Å². The Balaban J connectivity index is 1.97. The van der Waals surface area contributed by atoms with Gasteiger partial charge in [0.05, 0.1) is 9.95 Å². The number of hydrogen-bond acceptors (Lipinski definition) is 5. The molecule has 0 aromatic carbocycles. The summed E-state index contributed by atoms with van der Waals surface area (Å²) in [6.45, 7) is 0. The first-order valence-corrected chi connectivity index (χ1v) is 6.89. The molecule has 0 spiro atoms. The maximum absolute atomic E-state index is 11.0. The third-order valence-corrected chi connectivity index (χ3v) is 3.63. The molecule has 0 aliphatic heterocycles. The molecule has 1 fully saturated rings. The van der Waals surface area contributed by atoms with Crippen LogP contribution in [0.25, 0.3) is 0 Å². The van der Waals surface area contributed by atoms with Crippen LogP contribution in [0.1, 0.15) is 25.7 Å². The molecular formula is C12H15ClN4O4. The third-order valence-electron chi connectivity index (χ3n) is 3.43. The second kappa shape index (κ2) is 6.57. The maximum atomic E-state index is 11.0. The van der Waals surface area contributed by atoms with Gasteiger partial charge < -0.3 is 15.7 Å². The molecule has 2 rings (SSSR count). The minimum absolute atomic E-state index is 0.0317. The highest BCUT2D eigenvalue weighted by Crippen LogP contribution is 2.28. The van der Waals surface area contributed by atoms with Crippen molar-refractivity contribution in [3.63, 3.8) is 0 Å². The molecule has 1 heterocycles. The number of aromatic nitrogens is 1. The van der Waals surface area contributed by atoms with Crippen LogP contribution in [0.15, 0.2) is 12.3 Å². The zero-order chi connectivity index (χ0) is 15.4. The monoisotopic (exact) mass is 314 g/mol. The van der Waals surface area contributed by atoms with Crippen molar-refractivity contribution in [2.24, 2.45) is 0 Å². The predicted molar refractivity (Wildman–Crippen MR) is 76.7 cm³/mol. The van der Waals surface area contributed by atoms with E-state index in [0.29, 0.717) is 25.7 Å². The van der Waals surface area contributed by atoms with Crippen molar-refractivity contribution in [1.29, 1.82) is 0 Å². The molecule has 21 heavy (non-hydrogen) atoms. The van der Waals surface area contributed by atoms with E-state index in [4.69, 9.17) is 16.7 Å². The standard InChI is InChI=1S/C12H15ClN4O4/c13-7-5-10(17(20)21)11(14-6-7)15-8-1-3-9(4-2-8)16-12(18)19/h5-6,8-9,16H,1-4H2,(H,14,15)(H,18,19). The number of nitrogens with zero attached hydrogens (tertiary/aromatic N) is 2. The van der Waals surface area contributed by atoms with E-state index in [0.717, 1.165) is 0 Å². The number of pyridine rings is 1. The second-order valence-corrected chi connectivity index (χ2v) is 5.36. The van der Waals surface area contributed by atoms with Crippen LogP contribution >= 0.6 is 11.6 Å². The average molecular weight is 315 g/mol. The van der Waals surface area contributed by atoms with Gasteiger partial charge in [0.15, 0.2) is 0 Å². The molecule has 1 aromatic rings. The fourth-order valence-corrected chi connectivity index (χ4v) is 2.58. The maximum Gasteiger partial charge on any atom is 0.404 e. The third kappa shape index (κ3) is 4.19. The van der Waals surface area contributed by atoms with Crippen molar-refractivity contribution in [2.75, 3.05) is 5.32 Å². The summed E-state index contributed by atoms with van der Waals surface area (Å²) in [4.78, 5) is 25.0. The lowest BCUT2D eigenvalue weighted by molar-refractivity contribution is -0.384. The van der Waals surface area contributed by atoms with Crippen LogP contribution in [-0.2, 0) is 0 Å². The predicted octanol–water partition coefficient (Wildman–Crippen LogP) is 2.63. The molecular weight excluding hydrogens is 300 g/mol. The largest absolute Gasteiger partial charge is 0.465 e. The number of nitro groups is 1. The van der Waals surface area contributed by atoms with Gasteiger partial charge in [0.1, 0.15) is 0 Å². The Hall–Kier alpha value is -2.09. The Bertz CT molecular complexity index is 546. The fraction of sp³-hybridized carbons (Fsp3) is 0.500. The summed E-state index contributed by atoms with van der Waals surface area (Å²) in [5, 5.41) is 25.4. The molecule has 1 amide bonds. The summed E-state index contributed by atoms with van der Waals surface area (Å²) >= 11 is 5.71. The molecule has 1 aliphatic carbocycles. The average Bonchev–Trinajstić information content (AvgIpc) is 2.42. The molecule has 0 saturated heterocycles. The minimum Gasteiger partial charge on any atom is -0.465 e. The highest BCUT2D eigenvalue weighted by molar-refractivity contribution is 6.30. The van der Waals surface area contributed by atoms with Gasteiger partial charge >= 0.3 is 11.8 Å². The van der Waals surface area contributed by atoms with E-state index in [1.807, 2.05) is 0 Å². The normalized spacial score (nSPS) is 21.6. The molecule has 9 heteroatoms. The van der Waals surface area contributed by atoms with Gasteiger partial charge in [-0.15, -0.1) is 0 Å². The number of rotatable bonds is 4. The van der Waals surface area contributed by atoms with Crippen molar-refractivity contribution in [2.45, 2.75) is 37.8 Å². The Labute approximate surface area is 125 Å². The van der Waals surface area contributed by atoms with Crippen LogP contribution in [0.3, 0.4) is 0 Å². The van der Waals surface area contributed by atoms with Gasteiger partial charge in [-0.1, -0.05) is 11.6 Å². The molecule has 1 aliphatic rings. The van der Waals surface area contributed by atoms with Crippen LogP contribution in [0.4, 0.5) is 16.3 Å². The zero-order valence-electron chi connectivity index (χ0n) is 11.1. The molecule has 8 nitrogen and oxygen atoms in total. The quantitative estimate of drug-likeness (QED) is 0.581. The van der Waals surface area contributed by atoms with E-state index in [1.54, 1.807) is 0 Å². The summed E-state index contributed by atoms with van der Waals surface area (Å²) in [6, 6.07) is 1.23. The van der Waals surface area contributed by atoms with Crippen molar-refractivity contribution in [3.8, 4) is 0 Å². The van der Waals surface area contributed by atoms with Crippen LogP contribution in [0.2, 0.25) is 5.02 Å². The summed E-state index contributed by atoms with van der Waals surface area (Å²) in [7, 11) is 0. The van der Waals surface area contributed by atoms with Gasteiger partial charge in [0, 0.05) is 24.3 Å². The number of hydrogen-bond donors (Lipinski definition) is 3. The number of carboxylic acid groups (broad SMARTS) is 1. The highest BCUT2D eigenvalue weighted by Gasteiger charge is 2.25. The van der Waals surface area contributed by atoms with E-state index in [9.17, 15) is 14.9 Å². The molecule has 0 atom stereocenters. The van der Waals surface area contributed by atoms with Crippen LogP contribution < -0.4 is 10.6 Å². The van der Waals surface area contributed by atoms with E-state index in [2.05, 4.69) is 15.6 Å². The van der Waals surface area contributed by atoms with Crippen LogP contribution in [-0.4, -0.2) is 33.2 Å². The van der Waals surface area contributed by atoms with Gasteiger partial charge in [0.2, 0.25) is 5.82 Å². The van der Waals surface area contributed by atoms with Crippen LogP contribution in [0.5, 0.6) is 0 Å². The molecule has 0 unspecified atom stereocenters. The van der Waals surface area contributed by atoms with E-state index in [1.165, 1.54) is 12.3 Å². The SMILES string of the molecule is O=C(O)NC1CCC(Nc2ncc(Cl)cc2[N+](=O)[O-])CC1. The molecule has 1 saturated carbocycles. The van der Waals surface area contributed by atoms with Crippen molar-refractivity contribution in [3.05, 3.63) is 27.4 Å². The zero-order valence-corrected chi connectivity index (χ0v) is 11.8. The molecule has 0 radical (unpaired) electrons. The molecule has 114 valence electrons. The summed E-state index contributed by atoms with van der Waals surface area (Å²) in [6.07, 6.45) is 3.13. The Kier molecular flexibility index (Phi) is 4.79. The number of carbonyl (C=O) groups is 1. The first-order chi connectivity index (χ1) is 9.95. The Morgan fingerprint density at radius 1 is 1.38 bits per heavy atom. The van der Waals surface area contributed by atoms with Crippen molar-refractivity contribution in [1.82, 2.24) is 10.3 Å². The van der Waals surface area contributed by atoms with Gasteiger partial charge in [-0.25, -0.2) is 9.78 Å². The summed E-state index contributed by atoms with van der Waals surface area (Å²) < 4.78 is 0. The Morgan fingerprint density at radius 3 is 2.57 bits per heavy atom. The van der Waals surface area contributed by atoms with Gasteiger partial charge in [0.25, 0.3) is 0 Å². The van der Waals surface area contributed by atoms with Gasteiger partial charge in [-0.2, -0.15) is 0 Å². The summed E-state index contributed by atoms with van der Waals surface area (Å²) in [5.41, 5.74) is -0.159. The number of anilines is 1. The first-order valence-electron chi connectivity index (χ1n) is 6.51. The summed E-state index contributed by atoms with van der Waals surface area (Å²) in [5.74, 6) is 0.194. The van der Waals surface area contributed by atoms with Gasteiger partial charge in [-0.05, 0) is 25.7 Å². The first kappa shape index (κ1) is 15.3. The van der Waals surface area contributed by atoms with E-state index < -0.39 is 11.0 Å². The Morgan fingerprint density at radius 2 is 2.00 bits per heavy atom. The van der Waals surface area contributed by atoms with E-state index in [-0.39, 0.29) is 28.6 Å². The molecule has 0 bridgehead atoms. The second-order valence-electron chi connectivity index (χ2n) is 4.92. The molecule has 1 aromatic heterocycles. The minimum atomic E-state index is -1.03. The smallest absolute Gasteiger partial charge is 0.404 e. The lowest BCUT2D eigenvalue weighted by Gasteiger charge is -2.29. The van der Waals surface area contributed by atoms with E-state index >= 15 is 0 Å². The number of amides is 1.